The van der Waals surface area contributed by atoms with Gasteiger partial charge in [0.15, 0.2) is 0 Å². The van der Waals surface area contributed by atoms with Crippen molar-refractivity contribution in [1.29, 1.82) is 0 Å². The lowest BCUT2D eigenvalue weighted by molar-refractivity contribution is 0.320. The molecule has 5 rings (SSSR count). The van der Waals surface area contributed by atoms with Crippen LogP contribution in [-0.4, -0.2) is 51.0 Å². The highest BCUT2D eigenvalue weighted by Crippen LogP contribution is 2.34. The predicted molar refractivity (Wildman–Crippen MR) is 108 cm³/mol. The lowest BCUT2D eigenvalue weighted by Gasteiger charge is -2.31. The zero-order chi connectivity index (χ0) is 19.8. The number of hydrogen-bond donors (Lipinski definition) is 1. The van der Waals surface area contributed by atoms with E-state index in [4.69, 9.17) is 0 Å². The number of nitrogens with one attached hydrogen (secondary N) is 1. The minimum absolute atomic E-state index is 0.260. The average Bonchev–Trinajstić information content (AvgIpc) is 3.44. The van der Waals surface area contributed by atoms with Crippen molar-refractivity contribution in [3.63, 3.8) is 0 Å². The standard InChI is InChI=1S/C20H20N6O2S/c27-29(28,17-5-3-4-16(12-17)26-14-22-23-24-26)25-10-8-15(9-11-25)19-13-21-20-7-2-1-6-18(19)20/h1-7,12-15,21H,8-11H2. The number of benzene rings is 2. The van der Waals surface area contributed by atoms with Gasteiger partial charge in [-0.05, 0) is 59.0 Å². The molecule has 0 spiro atoms. The van der Waals surface area contributed by atoms with Gasteiger partial charge in [-0.1, -0.05) is 24.3 Å². The molecule has 1 N–H and O–H groups in total. The molecule has 29 heavy (non-hydrogen) atoms. The topological polar surface area (TPSA) is 96.8 Å². The highest BCUT2D eigenvalue weighted by molar-refractivity contribution is 7.89. The minimum Gasteiger partial charge on any atom is -0.361 e. The molecular weight excluding hydrogens is 388 g/mol. The monoisotopic (exact) mass is 408 g/mol. The summed E-state index contributed by atoms with van der Waals surface area (Å²) < 4.78 is 29.4. The van der Waals surface area contributed by atoms with Crippen LogP contribution < -0.4 is 0 Å². The van der Waals surface area contributed by atoms with Gasteiger partial charge in [-0.25, -0.2) is 13.1 Å². The Hall–Kier alpha value is -3.04. The summed E-state index contributed by atoms with van der Waals surface area (Å²) in [5.74, 6) is 0.352. The zero-order valence-corrected chi connectivity index (χ0v) is 16.5. The Morgan fingerprint density at radius 1 is 1.03 bits per heavy atom. The second-order valence-electron chi connectivity index (χ2n) is 7.22. The number of H-pyrrole nitrogens is 1. The fourth-order valence-corrected chi connectivity index (χ4v) is 5.56. The molecular formula is C20H20N6O2S. The molecule has 2 aromatic carbocycles. The van der Waals surface area contributed by atoms with E-state index in [2.05, 4.69) is 38.8 Å². The van der Waals surface area contributed by atoms with Crippen LogP contribution >= 0.6 is 0 Å². The maximum absolute atomic E-state index is 13.2. The number of sulfonamides is 1. The van der Waals surface area contributed by atoms with Crippen molar-refractivity contribution < 1.29 is 8.42 Å². The first-order valence-electron chi connectivity index (χ1n) is 9.52. The molecule has 2 aromatic heterocycles. The van der Waals surface area contributed by atoms with Gasteiger partial charge in [0.05, 0.1) is 10.6 Å². The van der Waals surface area contributed by atoms with Crippen molar-refractivity contribution in [2.24, 2.45) is 0 Å². The van der Waals surface area contributed by atoms with Crippen LogP contribution in [0.2, 0.25) is 0 Å². The van der Waals surface area contributed by atoms with Crippen LogP contribution in [0.4, 0.5) is 0 Å². The maximum Gasteiger partial charge on any atom is 0.243 e. The Morgan fingerprint density at radius 2 is 1.86 bits per heavy atom. The van der Waals surface area contributed by atoms with Crippen molar-refractivity contribution in [1.82, 2.24) is 29.5 Å². The Morgan fingerprint density at radius 3 is 2.66 bits per heavy atom. The molecule has 0 unspecified atom stereocenters. The molecule has 4 aromatic rings. The number of rotatable bonds is 4. The van der Waals surface area contributed by atoms with E-state index >= 15 is 0 Å². The fourth-order valence-electron chi connectivity index (χ4n) is 4.05. The lowest BCUT2D eigenvalue weighted by atomic mass is 9.90. The smallest absolute Gasteiger partial charge is 0.243 e. The molecule has 0 aliphatic carbocycles. The lowest BCUT2D eigenvalue weighted by Crippen LogP contribution is -2.37. The van der Waals surface area contributed by atoms with Gasteiger partial charge in [0.1, 0.15) is 6.33 Å². The van der Waals surface area contributed by atoms with Crippen LogP contribution in [0.3, 0.4) is 0 Å². The number of fused-ring (bicyclic) bond motifs is 1. The third-order valence-corrected chi connectivity index (χ3v) is 7.48. The third-order valence-electron chi connectivity index (χ3n) is 5.58. The van der Waals surface area contributed by atoms with E-state index in [-0.39, 0.29) is 4.90 Å². The number of piperidine rings is 1. The van der Waals surface area contributed by atoms with Crippen molar-refractivity contribution in [2.45, 2.75) is 23.7 Å². The van der Waals surface area contributed by atoms with Crippen molar-refractivity contribution in [3.05, 3.63) is 66.6 Å². The summed E-state index contributed by atoms with van der Waals surface area (Å²) in [6, 6.07) is 15.0. The van der Waals surface area contributed by atoms with E-state index < -0.39 is 10.0 Å². The number of para-hydroxylation sites is 1. The Kier molecular flexibility index (Phi) is 4.40. The van der Waals surface area contributed by atoms with Crippen LogP contribution in [0.1, 0.15) is 24.3 Å². The minimum atomic E-state index is -3.57. The van der Waals surface area contributed by atoms with Crippen LogP contribution in [0.15, 0.2) is 66.0 Å². The van der Waals surface area contributed by atoms with Crippen LogP contribution in [0, 0.1) is 0 Å². The Balaban J connectivity index is 1.36. The molecule has 0 radical (unpaired) electrons. The van der Waals surface area contributed by atoms with E-state index in [1.165, 1.54) is 22.0 Å². The summed E-state index contributed by atoms with van der Waals surface area (Å²) in [5.41, 5.74) is 3.01. The van der Waals surface area contributed by atoms with Crippen molar-refractivity contribution in [3.8, 4) is 5.69 Å². The first kappa shape index (κ1) is 18.0. The molecule has 0 amide bonds. The fraction of sp³-hybridized carbons (Fsp3) is 0.250. The Labute approximate surface area is 168 Å². The highest BCUT2D eigenvalue weighted by Gasteiger charge is 2.31. The molecule has 148 valence electrons. The SMILES string of the molecule is O=S(=O)(c1cccc(-n2cnnn2)c1)N1CCC(c2c[nH]c3ccccc23)CC1. The van der Waals surface area contributed by atoms with Gasteiger partial charge in [-0.3, -0.25) is 0 Å². The largest absolute Gasteiger partial charge is 0.361 e. The number of aromatic amines is 1. The summed E-state index contributed by atoms with van der Waals surface area (Å²) in [5, 5.41) is 12.3. The third kappa shape index (κ3) is 3.22. The molecule has 0 bridgehead atoms. The normalized spacial score (nSPS) is 16.4. The first-order chi connectivity index (χ1) is 14.1. The van der Waals surface area contributed by atoms with Gasteiger partial charge in [-0.2, -0.15) is 4.31 Å². The van der Waals surface area contributed by atoms with E-state index in [1.54, 1.807) is 28.6 Å². The predicted octanol–water partition coefficient (Wildman–Crippen LogP) is 2.71. The number of hydrogen-bond acceptors (Lipinski definition) is 5. The quantitative estimate of drug-likeness (QED) is 0.560. The molecule has 1 aliphatic heterocycles. The maximum atomic E-state index is 13.2. The Bertz CT molecular complexity index is 1240. The van der Waals surface area contributed by atoms with Gasteiger partial charge in [0, 0.05) is 30.2 Å². The van der Waals surface area contributed by atoms with E-state index in [1.807, 2.05) is 12.1 Å². The zero-order valence-electron chi connectivity index (χ0n) is 15.6. The highest BCUT2D eigenvalue weighted by atomic mass is 32.2. The van der Waals surface area contributed by atoms with Crippen molar-refractivity contribution in [2.75, 3.05) is 13.1 Å². The van der Waals surface area contributed by atoms with Crippen LogP contribution in [0.5, 0.6) is 0 Å². The molecule has 1 saturated heterocycles. The molecule has 3 heterocycles. The van der Waals surface area contributed by atoms with E-state index in [0.717, 1.165) is 18.4 Å². The van der Waals surface area contributed by atoms with Crippen molar-refractivity contribution >= 4 is 20.9 Å². The summed E-state index contributed by atoms with van der Waals surface area (Å²) in [7, 11) is -3.57. The first-order valence-corrected chi connectivity index (χ1v) is 11.0. The van der Waals surface area contributed by atoms with Gasteiger partial charge in [0.25, 0.3) is 0 Å². The van der Waals surface area contributed by atoms with Gasteiger partial charge in [-0.15, -0.1) is 5.10 Å². The van der Waals surface area contributed by atoms with Gasteiger partial charge < -0.3 is 4.98 Å². The number of nitrogens with zero attached hydrogens (tertiary/aromatic N) is 5. The van der Waals surface area contributed by atoms with Crippen LogP contribution in [-0.2, 0) is 10.0 Å². The number of aromatic nitrogens is 5. The second kappa shape index (κ2) is 7.09. The molecule has 0 atom stereocenters. The molecule has 0 saturated carbocycles. The summed E-state index contributed by atoms with van der Waals surface area (Å²) in [6.07, 6.45) is 5.11. The van der Waals surface area contributed by atoms with E-state index in [9.17, 15) is 8.42 Å². The molecule has 1 aliphatic rings. The molecule has 8 nitrogen and oxygen atoms in total. The number of tetrazole rings is 1. The van der Waals surface area contributed by atoms with E-state index in [0.29, 0.717) is 24.7 Å². The summed E-state index contributed by atoms with van der Waals surface area (Å²) >= 11 is 0. The molecule has 9 heteroatoms. The average molecular weight is 408 g/mol. The van der Waals surface area contributed by atoms with Gasteiger partial charge in [0.2, 0.25) is 10.0 Å². The van der Waals surface area contributed by atoms with Crippen LogP contribution in [0.25, 0.3) is 16.6 Å². The summed E-state index contributed by atoms with van der Waals surface area (Å²) in [4.78, 5) is 3.58. The summed E-state index contributed by atoms with van der Waals surface area (Å²) in [6.45, 7) is 1.00. The second-order valence-corrected chi connectivity index (χ2v) is 9.16. The van der Waals surface area contributed by atoms with Gasteiger partial charge >= 0.3 is 0 Å². The molecule has 1 fully saturated rings.